The highest BCUT2D eigenvalue weighted by atomic mass is 19.4. The fourth-order valence-corrected chi connectivity index (χ4v) is 3.41. The van der Waals surface area contributed by atoms with E-state index in [9.17, 15) is 18.0 Å². The van der Waals surface area contributed by atoms with Gasteiger partial charge in [0.1, 0.15) is 0 Å². The lowest BCUT2D eigenvalue weighted by Gasteiger charge is -2.11. The number of nitrogens with zero attached hydrogens (tertiary/aromatic N) is 1. The molecule has 0 aliphatic heterocycles. The Balaban J connectivity index is 1.65. The van der Waals surface area contributed by atoms with Crippen molar-refractivity contribution in [1.29, 1.82) is 0 Å². The van der Waals surface area contributed by atoms with E-state index in [1.165, 1.54) is 6.07 Å². The van der Waals surface area contributed by atoms with Gasteiger partial charge in [-0.2, -0.15) is 13.2 Å². The molecule has 2 nitrogen and oxygen atoms in total. The molecule has 1 aromatic heterocycles. The summed E-state index contributed by atoms with van der Waals surface area (Å²) in [6.45, 7) is 0.564. The van der Waals surface area contributed by atoms with E-state index >= 15 is 0 Å². The van der Waals surface area contributed by atoms with Crippen LogP contribution >= 0.6 is 0 Å². The minimum atomic E-state index is -4.39. The largest absolute Gasteiger partial charge is 0.416 e. The Morgan fingerprint density at radius 3 is 2.31 bits per heavy atom. The number of aromatic nitrogens is 1. The van der Waals surface area contributed by atoms with Crippen LogP contribution in [0.25, 0.3) is 21.9 Å². The van der Waals surface area contributed by atoms with Gasteiger partial charge in [-0.15, -0.1) is 0 Å². The van der Waals surface area contributed by atoms with E-state index in [4.69, 9.17) is 0 Å². The second-order valence-electron chi connectivity index (χ2n) is 6.93. The molecule has 146 valence electrons. The predicted octanol–water partition coefficient (Wildman–Crippen LogP) is 5.93. The van der Waals surface area contributed by atoms with Crippen molar-refractivity contribution in [1.82, 2.24) is 4.57 Å². The molecule has 0 atom stereocenters. The third-order valence-corrected chi connectivity index (χ3v) is 4.98. The van der Waals surface area contributed by atoms with Gasteiger partial charge in [-0.3, -0.25) is 4.79 Å². The Labute approximate surface area is 165 Å². The molecule has 0 spiro atoms. The fourth-order valence-electron chi connectivity index (χ4n) is 3.41. The molecule has 0 aliphatic carbocycles. The van der Waals surface area contributed by atoms with Gasteiger partial charge in [-0.25, -0.2) is 0 Å². The topological polar surface area (TPSA) is 22.0 Å². The van der Waals surface area contributed by atoms with Crippen LogP contribution in [0.2, 0.25) is 0 Å². The van der Waals surface area contributed by atoms with Crippen LogP contribution in [0.15, 0.2) is 89.9 Å². The number of halogens is 3. The molecule has 0 fully saturated rings. The van der Waals surface area contributed by atoms with Crippen LogP contribution in [0.4, 0.5) is 13.2 Å². The van der Waals surface area contributed by atoms with Gasteiger partial charge in [0.2, 0.25) is 0 Å². The van der Waals surface area contributed by atoms with E-state index in [0.29, 0.717) is 28.4 Å². The summed E-state index contributed by atoms with van der Waals surface area (Å²) in [7, 11) is 0. The summed E-state index contributed by atoms with van der Waals surface area (Å²) in [5.74, 6) is 0. The molecule has 0 amide bonds. The number of rotatable bonds is 4. The minimum Gasteiger partial charge on any atom is -0.315 e. The van der Waals surface area contributed by atoms with Crippen molar-refractivity contribution < 1.29 is 13.2 Å². The van der Waals surface area contributed by atoms with Crippen LogP contribution in [0.1, 0.15) is 11.1 Å². The zero-order valence-corrected chi connectivity index (χ0v) is 15.5. The lowest BCUT2D eigenvalue weighted by atomic mass is 10.00. The van der Waals surface area contributed by atoms with Crippen molar-refractivity contribution in [2.45, 2.75) is 19.1 Å². The van der Waals surface area contributed by atoms with E-state index in [2.05, 4.69) is 0 Å². The summed E-state index contributed by atoms with van der Waals surface area (Å²) in [6.07, 6.45) is -1.91. The highest BCUT2D eigenvalue weighted by Gasteiger charge is 2.30. The van der Waals surface area contributed by atoms with Crippen LogP contribution < -0.4 is 5.56 Å². The first-order valence-corrected chi connectivity index (χ1v) is 9.26. The minimum absolute atomic E-state index is 0.103. The average Bonchev–Trinajstić information content (AvgIpc) is 2.73. The van der Waals surface area contributed by atoms with Gasteiger partial charge in [0.15, 0.2) is 0 Å². The molecule has 4 rings (SSSR count). The molecule has 0 N–H and O–H groups in total. The SMILES string of the molecule is O=c1c2ccc(-c3cccc(C(F)(F)F)c3)cc2ccn1CCc1ccccc1. The summed E-state index contributed by atoms with van der Waals surface area (Å²) in [5.41, 5.74) is 1.47. The van der Waals surface area contributed by atoms with Crippen LogP contribution in [0.5, 0.6) is 0 Å². The first-order valence-electron chi connectivity index (χ1n) is 9.26. The van der Waals surface area contributed by atoms with E-state index in [-0.39, 0.29) is 5.56 Å². The zero-order chi connectivity index (χ0) is 20.4. The maximum Gasteiger partial charge on any atom is 0.416 e. The van der Waals surface area contributed by atoms with Gasteiger partial charge in [0, 0.05) is 18.1 Å². The Morgan fingerprint density at radius 1 is 0.793 bits per heavy atom. The monoisotopic (exact) mass is 393 g/mol. The molecule has 0 saturated carbocycles. The number of aryl methyl sites for hydroxylation is 2. The molecule has 1 heterocycles. The molecule has 0 radical (unpaired) electrons. The van der Waals surface area contributed by atoms with E-state index in [1.54, 1.807) is 35.0 Å². The number of fused-ring (bicyclic) bond motifs is 1. The summed E-state index contributed by atoms with van der Waals surface area (Å²) >= 11 is 0. The highest BCUT2D eigenvalue weighted by Crippen LogP contribution is 2.32. The first-order chi connectivity index (χ1) is 13.9. The van der Waals surface area contributed by atoms with Crippen molar-refractivity contribution >= 4 is 10.8 Å². The smallest absolute Gasteiger partial charge is 0.315 e. The second kappa shape index (κ2) is 7.59. The van der Waals surface area contributed by atoms with Crippen LogP contribution in [0, 0.1) is 0 Å². The second-order valence-corrected chi connectivity index (χ2v) is 6.93. The van der Waals surface area contributed by atoms with Gasteiger partial charge >= 0.3 is 6.18 Å². The Kier molecular flexibility index (Phi) is 4.97. The molecular weight excluding hydrogens is 375 g/mol. The molecule has 0 unspecified atom stereocenters. The molecule has 5 heteroatoms. The van der Waals surface area contributed by atoms with Gasteiger partial charge in [0.05, 0.1) is 5.56 Å². The van der Waals surface area contributed by atoms with E-state index in [0.717, 1.165) is 24.1 Å². The third kappa shape index (κ3) is 4.09. The lowest BCUT2D eigenvalue weighted by Crippen LogP contribution is -2.20. The molecular formula is C24H18F3NO. The summed E-state index contributed by atoms with van der Waals surface area (Å²) in [4.78, 5) is 12.8. The molecule has 0 aliphatic rings. The van der Waals surface area contributed by atoms with Crippen molar-refractivity contribution in [3.8, 4) is 11.1 Å². The van der Waals surface area contributed by atoms with Gasteiger partial charge in [0.25, 0.3) is 5.56 Å². The van der Waals surface area contributed by atoms with E-state index in [1.807, 2.05) is 36.4 Å². The van der Waals surface area contributed by atoms with Crippen LogP contribution in [0.3, 0.4) is 0 Å². The van der Waals surface area contributed by atoms with Crippen molar-refractivity contribution in [3.63, 3.8) is 0 Å². The normalized spacial score (nSPS) is 11.7. The van der Waals surface area contributed by atoms with Crippen molar-refractivity contribution in [2.75, 3.05) is 0 Å². The van der Waals surface area contributed by atoms with Gasteiger partial charge in [-0.1, -0.05) is 48.5 Å². The van der Waals surface area contributed by atoms with Crippen LogP contribution in [-0.4, -0.2) is 4.57 Å². The fraction of sp³-hybridized carbons (Fsp3) is 0.125. The summed E-state index contributed by atoms with van der Waals surface area (Å²) in [5, 5.41) is 1.26. The summed E-state index contributed by atoms with van der Waals surface area (Å²) < 4.78 is 40.6. The number of benzene rings is 3. The molecule has 3 aromatic carbocycles. The molecule has 0 bridgehead atoms. The van der Waals surface area contributed by atoms with E-state index < -0.39 is 11.7 Å². The van der Waals surface area contributed by atoms with Crippen molar-refractivity contribution in [2.24, 2.45) is 0 Å². The van der Waals surface area contributed by atoms with Crippen molar-refractivity contribution in [3.05, 3.63) is 107 Å². The number of pyridine rings is 1. The Bertz CT molecular complexity index is 1210. The Hall–Kier alpha value is -3.34. The number of alkyl halides is 3. The Morgan fingerprint density at radius 2 is 1.55 bits per heavy atom. The maximum absolute atomic E-state index is 13.0. The highest BCUT2D eigenvalue weighted by molar-refractivity contribution is 5.86. The third-order valence-electron chi connectivity index (χ3n) is 4.98. The molecule has 4 aromatic rings. The lowest BCUT2D eigenvalue weighted by molar-refractivity contribution is -0.137. The zero-order valence-electron chi connectivity index (χ0n) is 15.5. The molecule has 0 saturated heterocycles. The first kappa shape index (κ1) is 19.0. The quantitative estimate of drug-likeness (QED) is 0.421. The average molecular weight is 393 g/mol. The standard InChI is InChI=1S/C24H18F3NO/c25-24(26,27)21-8-4-7-18(16-21)19-9-10-22-20(15-19)12-14-28(23(22)29)13-11-17-5-2-1-3-6-17/h1-10,12,14-16H,11,13H2. The molecule has 29 heavy (non-hydrogen) atoms. The maximum atomic E-state index is 13.0. The van der Waals surface area contributed by atoms with Gasteiger partial charge in [-0.05, 0) is 58.8 Å². The number of hydrogen-bond donors (Lipinski definition) is 0. The predicted molar refractivity (Wildman–Crippen MR) is 109 cm³/mol. The number of hydrogen-bond acceptors (Lipinski definition) is 1. The van der Waals surface area contributed by atoms with Gasteiger partial charge < -0.3 is 4.57 Å². The van der Waals surface area contributed by atoms with Crippen LogP contribution in [-0.2, 0) is 19.1 Å². The summed E-state index contributed by atoms with van der Waals surface area (Å²) in [6, 6.07) is 22.1.